The number of rotatable bonds is 10. The first-order chi connectivity index (χ1) is 19.3. The summed E-state index contributed by atoms with van der Waals surface area (Å²) in [7, 11) is -10.2. The van der Waals surface area contributed by atoms with Gasteiger partial charge in [0.15, 0.2) is 0 Å². The highest BCUT2D eigenvalue weighted by Gasteiger charge is 2.38. The quantitative estimate of drug-likeness (QED) is 0.121. The van der Waals surface area contributed by atoms with Gasteiger partial charge in [-0.3, -0.25) is 28.6 Å². The Labute approximate surface area is 231 Å². The van der Waals surface area contributed by atoms with Crippen molar-refractivity contribution in [3.05, 3.63) is 103 Å². The van der Waals surface area contributed by atoms with Gasteiger partial charge in [-0.1, -0.05) is 18.2 Å². The zero-order valence-electron chi connectivity index (χ0n) is 20.2. The fourth-order valence-electron chi connectivity index (χ4n) is 3.52. The van der Waals surface area contributed by atoms with Gasteiger partial charge in [-0.2, -0.15) is 43.2 Å². The van der Waals surface area contributed by atoms with Crippen molar-refractivity contribution in [2.75, 3.05) is 0 Å². The van der Waals surface area contributed by atoms with Crippen LogP contribution in [0.15, 0.2) is 70.5 Å². The van der Waals surface area contributed by atoms with E-state index >= 15 is 0 Å². The number of nitro groups is 2. The van der Waals surface area contributed by atoms with Crippen LogP contribution in [0, 0.1) is 20.2 Å². The van der Waals surface area contributed by atoms with Crippen LogP contribution >= 0.6 is 0 Å². The first kappa shape index (κ1) is 32.4. The van der Waals surface area contributed by atoms with Crippen LogP contribution in [0.25, 0.3) is 0 Å². The zero-order chi connectivity index (χ0) is 31.7. The maximum absolute atomic E-state index is 13.4. The van der Waals surface area contributed by atoms with E-state index in [0.717, 1.165) is 30.3 Å². The fourth-order valence-corrected chi connectivity index (χ4v) is 5.45. The third-order valence-electron chi connectivity index (χ3n) is 5.41. The molecule has 12 nitrogen and oxygen atoms in total. The van der Waals surface area contributed by atoms with Crippen LogP contribution in [0.3, 0.4) is 0 Å². The summed E-state index contributed by atoms with van der Waals surface area (Å²) in [5.41, 5.74) is -7.64. The molecule has 3 aromatic carbocycles. The summed E-state index contributed by atoms with van der Waals surface area (Å²) in [5, 5.41) is 22.4. The van der Waals surface area contributed by atoms with E-state index in [2.05, 4.69) is 8.37 Å². The Hall–Kier alpha value is -4.14. The lowest BCUT2D eigenvalue weighted by Crippen LogP contribution is -2.15. The van der Waals surface area contributed by atoms with Crippen LogP contribution in [-0.4, -0.2) is 26.7 Å². The van der Waals surface area contributed by atoms with Crippen molar-refractivity contribution in [2.24, 2.45) is 0 Å². The Kier molecular flexibility index (Phi) is 8.96. The van der Waals surface area contributed by atoms with Crippen LogP contribution in [0.4, 0.5) is 37.7 Å². The first-order valence-corrected chi connectivity index (χ1v) is 13.6. The SMILES string of the molecule is O=[N+]([O-])c1cccc(C(F)(F)F)c1COS(=O)(=O)c1cccc(S(=O)(=O)OCc2c([N+](=O)[O-])cccc2C(F)(F)F)c1. The molecule has 0 aliphatic rings. The van der Waals surface area contributed by atoms with E-state index in [1.165, 1.54) is 0 Å². The number of nitrogens with zero attached hydrogens (tertiary/aromatic N) is 2. The topological polar surface area (TPSA) is 173 Å². The summed E-state index contributed by atoms with van der Waals surface area (Å²) in [6.07, 6.45) is -10.3. The molecule has 3 rings (SSSR count). The van der Waals surface area contributed by atoms with Crippen molar-refractivity contribution in [1.82, 2.24) is 0 Å². The molecule has 3 aromatic rings. The standard InChI is InChI=1S/C22H14F6N2O10S2/c23-21(24,25)17-6-2-8-19(29(31)32)15(17)11-39-41(35,36)13-4-1-5-14(10-13)42(37,38)40-12-16-18(22(26,27)28)7-3-9-20(16)30(33)34/h1-10H,11-12H2. The average molecular weight is 644 g/mol. The van der Waals surface area contributed by atoms with E-state index in [0.29, 0.717) is 30.3 Å². The van der Waals surface area contributed by atoms with Gasteiger partial charge in [-0.15, -0.1) is 0 Å². The summed E-state index contributed by atoms with van der Waals surface area (Å²) in [4.78, 5) is 18.0. The van der Waals surface area contributed by atoms with E-state index in [-0.39, 0.29) is 0 Å². The molecule has 0 saturated carbocycles. The Bertz CT molecular complexity index is 1630. The highest BCUT2D eigenvalue weighted by atomic mass is 32.2. The normalized spacial score (nSPS) is 12.7. The van der Waals surface area contributed by atoms with Gasteiger partial charge in [0.05, 0.1) is 55.1 Å². The molecule has 0 saturated heterocycles. The van der Waals surface area contributed by atoms with E-state index < -0.39 is 99.1 Å². The Morgan fingerprint density at radius 1 is 0.619 bits per heavy atom. The number of hydrogen-bond acceptors (Lipinski definition) is 10. The van der Waals surface area contributed by atoms with Crippen molar-refractivity contribution >= 4 is 31.6 Å². The molecule has 0 spiro atoms. The Morgan fingerprint density at radius 3 is 1.26 bits per heavy atom. The second-order valence-electron chi connectivity index (χ2n) is 8.02. The van der Waals surface area contributed by atoms with Crippen LogP contribution in [0.5, 0.6) is 0 Å². The lowest BCUT2D eigenvalue weighted by atomic mass is 10.1. The minimum Gasteiger partial charge on any atom is -0.261 e. The minimum atomic E-state index is -5.14. The third kappa shape index (κ3) is 7.19. The second-order valence-corrected chi connectivity index (χ2v) is 11.3. The van der Waals surface area contributed by atoms with Crippen LogP contribution in [0.2, 0.25) is 0 Å². The maximum Gasteiger partial charge on any atom is 0.417 e. The Balaban J connectivity index is 1.92. The van der Waals surface area contributed by atoms with Crippen molar-refractivity contribution in [3.63, 3.8) is 0 Å². The van der Waals surface area contributed by atoms with Crippen LogP contribution < -0.4 is 0 Å². The van der Waals surface area contributed by atoms with E-state index in [9.17, 15) is 63.4 Å². The molecular formula is C22H14F6N2O10S2. The summed E-state index contributed by atoms with van der Waals surface area (Å²) < 4.78 is 140. The van der Waals surface area contributed by atoms with Crippen molar-refractivity contribution in [3.8, 4) is 0 Å². The summed E-state index contributed by atoms with van der Waals surface area (Å²) >= 11 is 0. The molecule has 0 radical (unpaired) electrons. The predicted octanol–water partition coefficient (Wildman–Crippen LogP) is 5.35. The van der Waals surface area contributed by atoms with Crippen LogP contribution in [0.1, 0.15) is 22.3 Å². The predicted molar refractivity (Wildman–Crippen MR) is 127 cm³/mol. The third-order valence-corrected chi connectivity index (χ3v) is 7.93. The summed E-state index contributed by atoms with van der Waals surface area (Å²) in [6.45, 7) is -2.97. The molecule has 0 aliphatic heterocycles. The van der Waals surface area contributed by atoms with Crippen molar-refractivity contribution in [2.45, 2.75) is 35.4 Å². The minimum absolute atomic E-state index is 0.388. The molecule has 0 N–H and O–H groups in total. The summed E-state index contributed by atoms with van der Waals surface area (Å²) in [6, 6.07) is 6.35. The molecule has 226 valence electrons. The second kappa shape index (κ2) is 11.6. The smallest absolute Gasteiger partial charge is 0.261 e. The van der Waals surface area contributed by atoms with Gasteiger partial charge in [-0.25, -0.2) is 0 Å². The maximum atomic E-state index is 13.4. The number of alkyl halides is 6. The number of benzene rings is 3. The molecule has 42 heavy (non-hydrogen) atoms. The molecule has 0 fully saturated rings. The lowest BCUT2D eigenvalue weighted by Gasteiger charge is -2.14. The zero-order valence-corrected chi connectivity index (χ0v) is 21.9. The van der Waals surface area contributed by atoms with Gasteiger partial charge in [-0.05, 0) is 30.3 Å². The Morgan fingerprint density at radius 2 is 0.952 bits per heavy atom. The lowest BCUT2D eigenvalue weighted by molar-refractivity contribution is -0.386. The molecule has 0 heterocycles. The fraction of sp³-hybridized carbons (Fsp3) is 0.182. The van der Waals surface area contributed by atoms with E-state index in [1.807, 2.05) is 0 Å². The highest BCUT2D eigenvalue weighted by molar-refractivity contribution is 7.87. The first-order valence-electron chi connectivity index (χ1n) is 10.8. The molecule has 0 bridgehead atoms. The van der Waals surface area contributed by atoms with Crippen molar-refractivity contribution < 1.29 is 61.4 Å². The number of halogens is 6. The molecule has 0 atom stereocenters. The van der Waals surface area contributed by atoms with E-state index in [4.69, 9.17) is 0 Å². The van der Waals surface area contributed by atoms with Crippen molar-refractivity contribution in [1.29, 1.82) is 0 Å². The number of nitro benzene ring substituents is 2. The average Bonchev–Trinajstić information content (AvgIpc) is 2.89. The van der Waals surface area contributed by atoms with Gasteiger partial charge in [0.25, 0.3) is 31.6 Å². The molecule has 0 aromatic heterocycles. The van der Waals surface area contributed by atoms with Crippen LogP contribution in [-0.2, 0) is 54.2 Å². The highest BCUT2D eigenvalue weighted by Crippen LogP contribution is 2.38. The van der Waals surface area contributed by atoms with Gasteiger partial charge in [0.1, 0.15) is 0 Å². The summed E-state index contributed by atoms with van der Waals surface area (Å²) in [5.74, 6) is 0. The van der Waals surface area contributed by atoms with Gasteiger partial charge in [0.2, 0.25) is 0 Å². The number of hydrogen-bond donors (Lipinski definition) is 0. The van der Waals surface area contributed by atoms with Gasteiger partial charge < -0.3 is 0 Å². The molecule has 0 aliphatic carbocycles. The monoisotopic (exact) mass is 644 g/mol. The molecule has 0 unspecified atom stereocenters. The van der Waals surface area contributed by atoms with E-state index in [1.54, 1.807) is 0 Å². The van der Waals surface area contributed by atoms with Gasteiger partial charge in [0, 0.05) is 12.1 Å². The van der Waals surface area contributed by atoms with Gasteiger partial charge >= 0.3 is 12.4 Å². The molecule has 20 heteroatoms. The molecular weight excluding hydrogens is 630 g/mol. The molecule has 0 amide bonds. The largest absolute Gasteiger partial charge is 0.417 e.